The Morgan fingerprint density at radius 1 is 1.11 bits per heavy atom. The molecule has 0 radical (unpaired) electrons. The van der Waals surface area contributed by atoms with E-state index >= 15 is 0 Å². The molecule has 2 aromatic carbocycles. The fraction of sp³-hybridized carbons (Fsp3) is 0.250. The van der Waals surface area contributed by atoms with E-state index in [1.165, 1.54) is 16.7 Å². The summed E-state index contributed by atoms with van der Waals surface area (Å²) < 4.78 is 6.03. The summed E-state index contributed by atoms with van der Waals surface area (Å²) in [6.07, 6.45) is 0.940. The summed E-state index contributed by atoms with van der Waals surface area (Å²) in [5, 5.41) is 0. The monoisotopic (exact) mass is 239 g/mol. The lowest BCUT2D eigenvalue weighted by Crippen LogP contribution is -2.27. The van der Waals surface area contributed by atoms with Crippen molar-refractivity contribution in [2.75, 3.05) is 0 Å². The van der Waals surface area contributed by atoms with Crippen molar-refractivity contribution in [1.29, 1.82) is 0 Å². The van der Waals surface area contributed by atoms with Crippen LogP contribution in [-0.2, 0) is 6.42 Å². The second-order valence-electron chi connectivity index (χ2n) is 4.90. The second kappa shape index (κ2) is 4.46. The summed E-state index contributed by atoms with van der Waals surface area (Å²) in [5.74, 6) is 0.906. The van der Waals surface area contributed by atoms with E-state index in [-0.39, 0.29) is 12.1 Å². The summed E-state index contributed by atoms with van der Waals surface area (Å²) in [5.41, 5.74) is 9.98. The molecule has 2 heteroatoms. The minimum Gasteiger partial charge on any atom is -0.488 e. The van der Waals surface area contributed by atoms with Gasteiger partial charge in [0, 0.05) is 6.42 Å². The van der Waals surface area contributed by atoms with E-state index in [1.54, 1.807) is 0 Å². The van der Waals surface area contributed by atoms with Crippen molar-refractivity contribution in [1.82, 2.24) is 0 Å². The van der Waals surface area contributed by atoms with Gasteiger partial charge in [-0.25, -0.2) is 0 Å². The highest BCUT2D eigenvalue weighted by Gasteiger charge is 2.30. The summed E-state index contributed by atoms with van der Waals surface area (Å²) in [4.78, 5) is 0. The first kappa shape index (κ1) is 11.3. The highest BCUT2D eigenvalue weighted by Crippen LogP contribution is 2.32. The third-order valence-corrected chi connectivity index (χ3v) is 3.51. The molecule has 2 aromatic rings. The van der Waals surface area contributed by atoms with E-state index in [0.29, 0.717) is 0 Å². The van der Waals surface area contributed by atoms with Crippen molar-refractivity contribution in [3.8, 4) is 5.75 Å². The molecule has 18 heavy (non-hydrogen) atoms. The average molecular weight is 239 g/mol. The predicted octanol–water partition coefficient (Wildman–Crippen LogP) is 3.00. The van der Waals surface area contributed by atoms with Crippen LogP contribution in [0.25, 0.3) is 0 Å². The third kappa shape index (κ3) is 2.00. The van der Waals surface area contributed by atoms with E-state index in [1.807, 2.05) is 18.2 Å². The Bertz CT molecular complexity index is 565. The lowest BCUT2D eigenvalue weighted by atomic mass is 10.1. The van der Waals surface area contributed by atoms with Gasteiger partial charge in [0.25, 0.3) is 0 Å². The highest BCUT2D eigenvalue weighted by atomic mass is 16.5. The fourth-order valence-corrected chi connectivity index (χ4v) is 2.57. The van der Waals surface area contributed by atoms with Crippen LogP contribution in [0.3, 0.4) is 0 Å². The van der Waals surface area contributed by atoms with Gasteiger partial charge < -0.3 is 10.5 Å². The first-order chi connectivity index (χ1) is 8.74. The van der Waals surface area contributed by atoms with Crippen LogP contribution in [0.2, 0.25) is 0 Å². The topological polar surface area (TPSA) is 35.2 Å². The van der Waals surface area contributed by atoms with Crippen LogP contribution < -0.4 is 10.5 Å². The molecule has 0 saturated heterocycles. The van der Waals surface area contributed by atoms with Gasteiger partial charge in [0.1, 0.15) is 11.9 Å². The van der Waals surface area contributed by atoms with Crippen molar-refractivity contribution < 1.29 is 4.74 Å². The maximum absolute atomic E-state index is 6.25. The Kier molecular flexibility index (Phi) is 2.80. The molecule has 2 unspecified atom stereocenters. The van der Waals surface area contributed by atoms with E-state index in [2.05, 4.69) is 37.3 Å². The lowest BCUT2D eigenvalue weighted by molar-refractivity contribution is 0.185. The zero-order valence-electron chi connectivity index (χ0n) is 10.5. The molecular formula is C16H17NO. The van der Waals surface area contributed by atoms with Gasteiger partial charge in [0.05, 0.1) is 6.04 Å². The normalized spacial score (nSPS) is 21.7. The van der Waals surface area contributed by atoms with E-state index < -0.39 is 0 Å². The molecule has 0 aliphatic heterocycles. The Morgan fingerprint density at radius 2 is 1.94 bits per heavy atom. The van der Waals surface area contributed by atoms with Crippen LogP contribution in [-0.4, -0.2) is 6.10 Å². The summed E-state index contributed by atoms with van der Waals surface area (Å²) in [7, 11) is 0. The number of benzene rings is 2. The van der Waals surface area contributed by atoms with Crippen LogP contribution in [0.5, 0.6) is 5.75 Å². The summed E-state index contributed by atoms with van der Waals surface area (Å²) >= 11 is 0. The zero-order chi connectivity index (χ0) is 12.5. The van der Waals surface area contributed by atoms with Crippen LogP contribution in [0.15, 0.2) is 48.5 Å². The van der Waals surface area contributed by atoms with Gasteiger partial charge in [-0.1, -0.05) is 36.4 Å². The molecule has 0 amide bonds. The van der Waals surface area contributed by atoms with E-state index in [9.17, 15) is 0 Å². The molecule has 0 bridgehead atoms. The van der Waals surface area contributed by atoms with Gasteiger partial charge >= 0.3 is 0 Å². The van der Waals surface area contributed by atoms with Crippen molar-refractivity contribution in [3.05, 3.63) is 65.2 Å². The van der Waals surface area contributed by atoms with Crippen LogP contribution >= 0.6 is 0 Å². The van der Waals surface area contributed by atoms with Gasteiger partial charge in [-0.15, -0.1) is 0 Å². The van der Waals surface area contributed by atoms with E-state index in [4.69, 9.17) is 10.5 Å². The Hall–Kier alpha value is -1.80. The average Bonchev–Trinajstić information content (AvgIpc) is 2.67. The standard InChI is InChI=1S/C16H17NO/c1-11-5-4-7-13(9-11)18-15-10-12-6-2-3-8-14(12)16(15)17/h2-9,15-16H,10,17H2,1H3. The predicted molar refractivity (Wildman–Crippen MR) is 72.7 cm³/mol. The number of rotatable bonds is 2. The molecule has 1 aliphatic rings. The molecule has 0 saturated carbocycles. The molecule has 0 spiro atoms. The maximum atomic E-state index is 6.25. The molecule has 0 aromatic heterocycles. The third-order valence-electron chi connectivity index (χ3n) is 3.51. The van der Waals surface area contributed by atoms with Gasteiger partial charge in [-0.05, 0) is 35.7 Å². The number of hydrogen-bond acceptors (Lipinski definition) is 2. The van der Waals surface area contributed by atoms with Crippen molar-refractivity contribution in [2.24, 2.45) is 5.73 Å². The zero-order valence-corrected chi connectivity index (χ0v) is 10.5. The summed E-state index contributed by atoms with van der Waals surface area (Å²) in [6, 6.07) is 16.4. The smallest absolute Gasteiger partial charge is 0.122 e. The highest BCUT2D eigenvalue weighted by molar-refractivity contribution is 5.37. The molecule has 2 nitrogen and oxygen atoms in total. The number of fused-ring (bicyclic) bond motifs is 1. The number of nitrogens with two attached hydrogens (primary N) is 1. The molecule has 3 rings (SSSR count). The molecule has 0 fully saturated rings. The van der Waals surface area contributed by atoms with Crippen LogP contribution in [0.1, 0.15) is 22.7 Å². The van der Waals surface area contributed by atoms with Gasteiger partial charge in [0.2, 0.25) is 0 Å². The molecule has 0 heterocycles. The number of ether oxygens (including phenoxy) is 1. The molecular weight excluding hydrogens is 222 g/mol. The van der Waals surface area contributed by atoms with Gasteiger partial charge in [0.15, 0.2) is 0 Å². The number of hydrogen-bond donors (Lipinski definition) is 1. The summed E-state index contributed by atoms with van der Waals surface area (Å²) in [6.45, 7) is 2.07. The maximum Gasteiger partial charge on any atom is 0.122 e. The van der Waals surface area contributed by atoms with Gasteiger partial charge in [-0.2, -0.15) is 0 Å². The minimum absolute atomic E-state index is 0.0262. The molecule has 2 N–H and O–H groups in total. The first-order valence-corrected chi connectivity index (χ1v) is 6.31. The number of aryl methyl sites for hydroxylation is 1. The van der Waals surface area contributed by atoms with Gasteiger partial charge in [-0.3, -0.25) is 0 Å². The van der Waals surface area contributed by atoms with Crippen molar-refractivity contribution in [3.63, 3.8) is 0 Å². The Balaban J connectivity index is 1.81. The molecule has 1 aliphatic carbocycles. The fourth-order valence-electron chi connectivity index (χ4n) is 2.57. The largest absolute Gasteiger partial charge is 0.488 e. The first-order valence-electron chi connectivity index (χ1n) is 6.31. The second-order valence-corrected chi connectivity index (χ2v) is 4.90. The lowest BCUT2D eigenvalue weighted by Gasteiger charge is -2.18. The SMILES string of the molecule is Cc1cccc(OC2Cc3ccccc3C2N)c1. The van der Waals surface area contributed by atoms with Crippen molar-refractivity contribution >= 4 is 0 Å². The Labute approximate surface area is 107 Å². The minimum atomic E-state index is -0.0262. The molecule has 2 atom stereocenters. The molecule has 92 valence electrons. The van der Waals surface area contributed by atoms with Crippen LogP contribution in [0.4, 0.5) is 0 Å². The Morgan fingerprint density at radius 3 is 2.72 bits per heavy atom. The van der Waals surface area contributed by atoms with E-state index in [0.717, 1.165) is 12.2 Å². The van der Waals surface area contributed by atoms with Crippen molar-refractivity contribution in [2.45, 2.75) is 25.5 Å². The van der Waals surface area contributed by atoms with Crippen LogP contribution in [0, 0.1) is 6.92 Å². The quantitative estimate of drug-likeness (QED) is 0.874.